The first-order valence-corrected chi connectivity index (χ1v) is 15.3. The van der Waals surface area contributed by atoms with Gasteiger partial charge in [0.2, 0.25) is 0 Å². The summed E-state index contributed by atoms with van der Waals surface area (Å²) in [5.74, 6) is 1.47. The number of ether oxygens (including phenoxy) is 3. The Balaban J connectivity index is 1.42. The zero-order chi connectivity index (χ0) is 31.1. The topological polar surface area (TPSA) is 128 Å². The fourth-order valence-electron chi connectivity index (χ4n) is 4.95. The van der Waals surface area contributed by atoms with Crippen molar-refractivity contribution in [3.8, 4) is 27.8 Å². The normalized spacial score (nSPS) is 14.9. The zero-order valence-electron chi connectivity index (χ0n) is 25.2. The van der Waals surface area contributed by atoms with E-state index in [0.717, 1.165) is 24.9 Å². The molecule has 230 valence electrons. The average Bonchev–Trinajstić information content (AvgIpc) is 3.52. The molecule has 0 bridgehead atoms. The molecule has 3 heterocycles. The third-order valence-corrected chi connectivity index (χ3v) is 7.75. The number of methoxy groups -OCH3 is 1. The lowest BCUT2D eigenvalue weighted by atomic mass is 9.97. The minimum absolute atomic E-state index is 0.151. The van der Waals surface area contributed by atoms with Gasteiger partial charge in [-0.1, -0.05) is 18.2 Å². The standard InChI is InChI=1S/C32H36N6O5S/c1-32(2,3)43-31(40)33-17-21-9-8-16-38(19-21)27-24(12-13-26(28(27)41-4)42-23-10-6-5-7-11-23)36-29(39)25-20-44-30(37-25)22-14-15-34-35-18-22/h5-7,10-15,18,20-21H,8-9,16-17,19H2,1-4H3,(H,33,40)(H,36,39)/t21-/m0/s1. The summed E-state index contributed by atoms with van der Waals surface area (Å²) in [5.41, 5.74) is 1.76. The van der Waals surface area contributed by atoms with Crippen molar-refractivity contribution < 1.29 is 23.8 Å². The fourth-order valence-corrected chi connectivity index (χ4v) is 5.74. The molecule has 12 heteroatoms. The SMILES string of the molecule is COc1c(Oc2ccccc2)ccc(NC(=O)c2csc(-c3ccnnc3)n2)c1N1CCC[C@@H](CNC(=O)OC(C)(C)C)C1. The largest absolute Gasteiger partial charge is 0.491 e. The predicted octanol–water partition coefficient (Wildman–Crippen LogP) is 6.39. The summed E-state index contributed by atoms with van der Waals surface area (Å²) < 4.78 is 17.6. The number of carbonyl (C=O) groups is 2. The first kappa shape index (κ1) is 30.7. The van der Waals surface area contributed by atoms with Gasteiger partial charge in [-0.05, 0) is 69.9 Å². The molecule has 0 saturated carbocycles. The highest BCUT2D eigenvalue weighted by Crippen LogP contribution is 2.46. The number of para-hydroxylation sites is 1. The Labute approximate surface area is 260 Å². The minimum atomic E-state index is -0.574. The maximum atomic E-state index is 13.5. The van der Waals surface area contributed by atoms with E-state index in [1.807, 2.05) is 57.2 Å². The second-order valence-corrected chi connectivity index (χ2v) is 12.2. The Hall–Kier alpha value is -4.71. The third-order valence-electron chi connectivity index (χ3n) is 6.86. The molecule has 1 aliphatic heterocycles. The van der Waals surface area contributed by atoms with Crippen LogP contribution in [-0.4, -0.2) is 59.5 Å². The van der Waals surface area contributed by atoms with E-state index in [1.165, 1.54) is 11.3 Å². The van der Waals surface area contributed by atoms with Gasteiger partial charge in [0.1, 0.15) is 27.7 Å². The van der Waals surface area contributed by atoms with Crippen molar-refractivity contribution in [3.05, 3.63) is 72.0 Å². The number of thiazole rings is 1. The zero-order valence-corrected chi connectivity index (χ0v) is 26.0. The number of benzene rings is 2. The molecule has 5 rings (SSSR count). The van der Waals surface area contributed by atoms with E-state index in [9.17, 15) is 9.59 Å². The number of carbonyl (C=O) groups excluding carboxylic acids is 2. The van der Waals surface area contributed by atoms with E-state index < -0.39 is 11.7 Å². The molecule has 11 nitrogen and oxygen atoms in total. The smallest absolute Gasteiger partial charge is 0.407 e. The molecule has 2 aromatic heterocycles. The van der Waals surface area contributed by atoms with Gasteiger partial charge in [0.15, 0.2) is 11.5 Å². The van der Waals surface area contributed by atoms with Crippen LogP contribution in [0.3, 0.4) is 0 Å². The Morgan fingerprint density at radius 3 is 2.64 bits per heavy atom. The first-order chi connectivity index (χ1) is 21.2. The molecule has 2 aromatic carbocycles. The van der Waals surface area contributed by atoms with E-state index in [0.29, 0.717) is 46.7 Å². The molecule has 0 spiro atoms. The van der Waals surface area contributed by atoms with E-state index in [4.69, 9.17) is 14.2 Å². The summed E-state index contributed by atoms with van der Waals surface area (Å²) in [5, 5.41) is 16.1. The maximum absolute atomic E-state index is 13.5. The van der Waals surface area contributed by atoms with Crippen LogP contribution in [0.4, 0.5) is 16.2 Å². The number of rotatable bonds is 9. The van der Waals surface area contributed by atoms with E-state index in [1.54, 1.807) is 37.0 Å². The summed E-state index contributed by atoms with van der Waals surface area (Å²) in [6, 6.07) is 14.8. The molecule has 1 fully saturated rings. The lowest BCUT2D eigenvalue weighted by Gasteiger charge is -2.36. The Kier molecular flexibility index (Phi) is 9.59. The number of nitrogens with one attached hydrogen (secondary N) is 2. The quantitative estimate of drug-likeness (QED) is 0.220. The van der Waals surface area contributed by atoms with Gasteiger partial charge in [0.05, 0.1) is 25.2 Å². The van der Waals surface area contributed by atoms with Crippen LogP contribution in [0, 0.1) is 5.92 Å². The van der Waals surface area contributed by atoms with Crippen molar-refractivity contribution in [2.24, 2.45) is 5.92 Å². The number of hydrogen-bond donors (Lipinski definition) is 2. The van der Waals surface area contributed by atoms with Crippen molar-refractivity contribution in [2.45, 2.75) is 39.2 Å². The fraction of sp³-hybridized carbons (Fsp3) is 0.344. The number of aromatic nitrogens is 3. The number of amides is 2. The molecule has 1 aliphatic rings. The molecule has 1 atom stereocenters. The average molecular weight is 617 g/mol. The monoisotopic (exact) mass is 616 g/mol. The van der Waals surface area contributed by atoms with E-state index in [2.05, 4.69) is 30.7 Å². The molecule has 0 radical (unpaired) electrons. The molecular formula is C32H36N6O5S. The maximum Gasteiger partial charge on any atom is 0.407 e. The summed E-state index contributed by atoms with van der Waals surface area (Å²) in [4.78, 5) is 32.5. The van der Waals surface area contributed by atoms with Gasteiger partial charge >= 0.3 is 6.09 Å². The molecule has 0 aliphatic carbocycles. The van der Waals surface area contributed by atoms with E-state index in [-0.39, 0.29) is 17.5 Å². The van der Waals surface area contributed by atoms with Crippen molar-refractivity contribution >= 4 is 34.7 Å². The second kappa shape index (κ2) is 13.7. The van der Waals surface area contributed by atoms with Gasteiger partial charge < -0.3 is 29.7 Å². The number of hydrogen-bond acceptors (Lipinski definition) is 10. The highest BCUT2D eigenvalue weighted by Gasteiger charge is 2.29. The van der Waals surface area contributed by atoms with Crippen LogP contribution >= 0.6 is 11.3 Å². The van der Waals surface area contributed by atoms with Crippen molar-refractivity contribution in [1.82, 2.24) is 20.5 Å². The van der Waals surface area contributed by atoms with Gasteiger partial charge in [0.25, 0.3) is 5.91 Å². The Bertz CT molecular complexity index is 1580. The van der Waals surface area contributed by atoms with Crippen LogP contribution in [0.15, 0.2) is 66.3 Å². The van der Waals surface area contributed by atoms with Crippen LogP contribution in [0.1, 0.15) is 44.1 Å². The Morgan fingerprint density at radius 1 is 1.09 bits per heavy atom. The second-order valence-electron chi connectivity index (χ2n) is 11.4. The van der Waals surface area contributed by atoms with Crippen LogP contribution in [0.2, 0.25) is 0 Å². The van der Waals surface area contributed by atoms with Gasteiger partial charge in [0, 0.05) is 30.6 Å². The van der Waals surface area contributed by atoms with Gasteiger partial charge in [-0.3, -0.25) is 4.79 Å². The molecular weight excluding hydrogens is 580 g/mol. The predicted molar refractivity (Wildman–Crippen MR) is 170 cm³/mol. The minimum Gasteiger partial charge on any atom is -0.491 e. The summed E-state index contributed by atoms with van der Waals surface area (Å²) in [6.45, 7) is 7.33. The molecule has 1 saturated heterocycles. The molecule has 2 N–H and O–H groups in total. The van der Waals surface area contributed by atoms with Crippen LogP contribution in [-0.2, 0) is 4.74 Å². The third kappa shape index (κ3) is 7.81. The molecule has 2 amide bonds. The highest BCUT2D eigenvalue weighted by atomic mass is 32.1. The van der Waals surface area contributed by atoms with Gasteiger partial charge in [-0.15, -0.1) is 11.3 Å². The molecule has 4 aromatic rings. The van der Waals surface area contributed by atoms with Crippen LogP contribution in [0.25, 0.3) is 10.6 Å². The Morgan fingerprint density at radius 2 is 1.91 bits per heavy atom. The number of alkyl carbamates (subject to hydrolysis) is 1. The van der Waals surface area contributed by atoms with Crippen LogP contribution in [0.5, 0.6) is 17.2 Å². The van der Waals surface area contributed by atoms with Crippen molar-refractivity contribution in [2.75, 3.05) is 37.0 Å². The van der Waals surface area contributed by atoms with E-state index >= 15 is 0 Å². The lowest BCUT2D eigenvalue weighted by molar-refractivity contribution is 0.0517. The first-order valence-electron chi connectivity index (χ1n) is 14.4. The van der Waals surface area contributed by atoms with Crippen molar-refractivity contribution in [3.63, 3.8) is 0 Å². The van der Waals surface area contributed by atoms with Gasteiger partial charge in [-0.25, -0.2) is 9.78 Å². The van der Waals surface area contributed by atoms with Crippen LogP contribution < -0.4 is 25.0 Å². The number of piperidine rings is 1. The highest BCUT2D eigenvalue weighted by molar-refractivity contribution is 7.13. The van der Waals surface area contributed by atoms with Gasteiger partial charge in [-0.2, -0.15) is 10.2 Å². The molecule has 44 heavy (non-hydrogen) atoms. The number of nitrogens with zero attached hydrogens (tertiary/aromatic N) is 4. The summed E-state index contributed by atoms with van der Waals surface area (Å²) in [7, 11) is 1.59. The van der Waals surface area contributed by atoms with Crippen molar-refractivity contribution in [1.29, 1.82) is 0 Å². The molecule has 0 unspecified atom stereocenters. The summed E-state index contributed by atoms with van der Waals surface area (Å²) >= 11 is 1.36. The lowest BCUT2D eigenvalue weighted by Crippen LogP contribution is -2.42. The number of anilines is 2. The summed E-state index contributed by atoms with van der Waals surface area (Å²) in [6.07, 6.45) is 4.57.